The van der Waals surface area contributed by atoms with E-state index in [2.05, 4.69) is 15.2 Å². The number of nitrogens with zero attached hydrogens (tertiary/aromatic N) is 4. The van der Waals surface area contributed by atoms with Gasteiger partial charge >= 0.3 is 0 Å². The quantitative estimate of drug-likeness (QED) is 0.633. The van der Waals surface area contributed by atoms with Gasteiger partial charge < -0.3 is 9.64 Å². The van der Waals surface area contributed by atoms with Gasteiger partial charge in [0.15, 0.2) is 5.13 Å². The molecular formula is C22H31N5O4S2. The van der Waals surface area contributed by atoms with E-state index >= 15 is 0 Å². The first-order valence-corrected chi connectivity index (χ1v) is 13.5. The Morgan fingerprint density at radius 2 is 1.88 bits per heavy atom. The van der Waals surface area contributed by atoms with Crippen LogP contribution in [0.4, 0.5) is 10.8 Å². The highest BCUT2D eigenvalue weighted by molar-refractivity contribution is 7.89. The molecule has 4 rings (SSSR count). The Labute approximate surface area is 199 Å². The Morgan fingerprint density at radius 3 is 2.58 bits per heavy atom. The lowest BCUT2D eigenvalue weighted by Crippen LogP contribution is -2.37. The van der Waals surface area contributed by atoms with Crippen LogP contribution in [0.25, 0.3) is 0 Å². The van der Waals surface area contributed by atoms with Crippen molar-refractivity contribution in [2.45, 2.75) is 30.7 Å². The van der Waals surface area contributed by atoms with E-state index in [1.54, 1.807) is 12.1 Å². The number of morpholine rings is 1. The van der Waals surface area contributed by atoms with Gasteiger partial charge in [-0.3, -0.25) is 15.0 Å². The third-order valence-corrected chi connectivity index (χ3v) is 8.57. The number of hydrogen-bond donors (Lipinski definition) is 1. The van der Waals surface area contributed by atoms with E-state index in [1.165, 1.54) is 50.8 Å². The van der Waals surface area contributed by atoms with Crippen molar-refractivity contribution in [1.29, 1.82) is 0 Å². The van der Waals surface area contributed by atoms with Crippen LogP contribution in [0.15, 0.2) is 28.5 Å². The third-order valence-electron chi connectivity index (χ3n) is 5.95. The molecule has 0 radical (unpaired) electrons. The van der Waals surface area contributed by atoms with E-state index in [9.17, 15) is 13.2 Å². The number of hydrogen-bond acceptors (Lipinski definition) is 8. The summed E-state index contributed by atoms with van der Waals surface area (Å²) >= 11 is 1.39. The van der Waals surface area contributed by atoms with Crippen LogP contribution in [0.3, 0.4) is 0 Å². The smallest absolute Gasteiger partial charge is 0.259 e. The Kier molecular flexibility index (Phi) is 7.65. The number of amides is 1. The zero-order valence-corrected chi connectivity index (χ0v) is 20.8. The van der Waals surface area contributed by atoms with Crippen molar-refractivity contribution in [2.24, 2.45) is 0 Å². The molecule has 9 nitrogen and oxygen atoms in total. The zero-order chi connectivity index (χ0) is 23.4. The molecule has 2 aromatic rings. The van der Waals surface area contributed by atoms with E-state index in [4.69, 9.17) is 4.74 Å². The first kappa shape index (κ1) is 24.1. The largest absolute Gasteiger partial charge is 0.378 e. The molecule has 0 bridgehead atoms. The Hall–Kier alpha value is -2.05. The fourth-order valence-corrected chi connectivity index (χ4v) is 5.72. The minimum Gasteiger partial charge on any atom is -0.378 e. The Bertz CT molecular complexity index is 1070. The molecule has 11 heteroatoms. The summed E-state index contributed by atoms with van der Waals surface area (Å²) in [5.41, 5.74) is 1.95. The van der Waals surface area contributed by atoms with Crippen molar-refractivity contribution in [3.8, 4) is 0 Å². The molecule has 1 N–H and O–H groups in total. The zero-order valence-electron chi connectivity index (χ0n) is 19.1. The number of carbonyl (C=O) groups is 1. The lowest BCUT2D eigenvalue weighted by atomic mass is 10.1. The van der Waals surface area contributed by atoms with Crippen molar-refractivity contribution in [3.05, 3.63) is 34.8 Å². The number of carbonyl (C=O) groups excluding carboxylic acids is 1. The monoisotopic (exact) mass is 493 g/mol. The van der Waals surface area contributed by atoms with E-state index in [0.29, 0.717) is 42.7 Å². The summed E-state index contributed by atoms with van der Waals surface area (Å²) in [5.74, 6) is -0.369. The highest BCUT2D eigenvalue weighted by Gasteiger charge is 2.25. The van der Waals surface area contributed by atoms with Crippen molar-refractivity contribution >= 4 is 38.1 Å². The van der Waals surface area contributed by atoms with Gasteiger partial charge in [0, 0.05) is 44.8 Å². The minimum absolute atomic E-state index is 0.0829. The number of anilines is 2. The summed E-state index contributed by atoms with van der Waals surface area (Å²) in [5, 5.41) is 5.37. The predicted molar refractivity (Wildman–Crippen MR) is 130 cm³/mol. The second kappa shape index (κ2) is 10.5. The van der Waals surface area contributed by atoms with Gasteiger partial charge in [-0.2, -0.15) is 0 Å². The average molecular weight is 494 g/mol. The highest BCUT2D eigenvalue weighted by atomic mass is 32.2. The first-order valence-electron chi connectivity index (χ1n) is 11.2. The van der Waals surface area contributed by atoms with Gasteiger partial charge in [0.05, 0.1) is 29.4 Å². The van der Waals surface area contributed by atoms with Crippen LogP contribution in [-0.2, 0) is 21.3 Å². The predicted octanol–water partition coefficient (Wildman–Crippen LogP) is 2.47. The number of rotatable bonds is 7. The van der Waals surface area contributed by atoms with Crippen molar-refractivity contribution in [2.75, 3.05) is 63.7 Å². The molecule has 0 aliphatic carbocycles. The molecular weight excluding hydrogens is 462 g/mol. The van der Waals surface area contributed by atoms with Crippen molar-refractivity contribution in [1.82, 2.24) is 14.2 Å². The number of aromatic nitrogens is 1. The fourth-order valence-electron chi connectivity index (χ4n) is 4.10. The molecule has 2 saturated heterocycles. The second-order valence-electron chi connectivity index (χ2n) is 8.50. The van der Waals surface area contributed by atoms with Gasteiger partial charge in [-0.25, -0.2) is 17.7 Å². The third kappa shape index (κ3) is 5.72. The molecule has 2 aliphatic heterocycles. The Balaban J connectivity index is 1.57. The molecule has 1 aromatic carbocycles. The number of nitrogens with one attached hydrogen (secondary N) is 1. The molecule has 0 spiro atoms. The molecule has 1 amide bonds. The fraction of sp³-hybridized carbons (Fsp3) is 0.545. The van der Waals surface area contributed by atoms with Gasteiger partial charge in [0.25, 0.3) is 5.91 Å². The summed E-state index contributed by atoms with van der Waals surface area (Å²) in [6.07, 6.45) is 3.71. The summed E-state index contributed by atoms with van der Waals surface area (Å²) in [6.45, 7) is 5.33. The van der Waals surface area contributed by atoms with Crippen LogP contribution in [0.2, 0.25) is 0 Å². The van der Waals surface area contributed by atoms with Gasteiger partial charge in [-0.05, 0) is 44.1 Å². The number of thiazole rings is 1. The topological polar surface area (TPSA) is 95.1 Å². The highest BCUT2D eigenvalue weighted by Crippen LogP contribution is 2.28. The average Bonchev–Trinajstić information content (AvgIpc) is 3.26. The number of sulfonamides is 1. The van der Waals surface area contributed by atoms with Crippen LogP contribution < -0.4 is 10.2 Å². The van der Waals surface area contributed by atoms with Crippen molar-refractivity contribution in [3.63, 3.8) is 0 Å². The molecule has 180 valence electrons. The SMILES string of the molecule is CN(C)S(=O)(=O)c1ccc(N2CCOCC2)c(C(=O)Nc2nc(CN3CCCCC3)cs2)c1. The van der Waals surface area contributed by atoms with Crippen LogP contribution in [-0.4, -0.2) is 82.0 Å². The molecule has 0 unspecified atom stereocenters. The number of benzene rings is 1. The van der Waals surface area contributed by atoms with Crippen LogP contribution in [0.1, 0.15) is 35.3 Å². The summed E-state index contributed by atoms with van der Waals surface area (Å²) < 4.78 is 32.0. The maximum absolute atomic E-state index is 13.3. The molecule has 2 fully saturated rings. The first-order chi connectivity index (χ1) is 15.8. The lowest BCUT2D eigenvalue weighted by molar-refractivity contribution is 0.102. The van der Waals surface area contributed by atoms with Gasteiger partial charge in [-0.15, -0.1) is 11.3 Å². The van der Waals surface area contributed by atoms with E-state index in [0.717, 1.165) is 29.6 Å². The molecule has 1 aromatic heterocycles. The molecule has 2 aliphatic rings. The van der Waals surface area contributed by atoms with Crippen LogP contribution in [0.5, 0.6) is 0 Å². The summed E-state index contributed by atoms with van der Waals surface area (Å²) in [7, 11) is -0.721. The number of likely N-dealkylation sites (tertiary alicyclic amines) is 1. The summed E-state index contributed by atoms with van der Waals surface area (Å²) in [6, 6.07) is 4.72. The van der Waals surface area contributed by atoms with E-state index < -0.39 is 10.0 Å². The molecule has 0 saturated carbocycles. The lowest BCUT2D eigenvalue weighted by Gasteiger charge is -2.30. The number of ether oxygens (including phenoxy) is 1. The minimum atomic E-state index is -3.67. The summed E-state index contributed by atoms with van der Waals surface area (Å²) in [4.78, 5) is 22.4. The maximum atomic E-state index is 13.3. The van der Waals surface area contributed by atoms with Gasteiger partial charge in [0.1, 0.15) is 0 Å². The molecule has 0 atom stereocenters. The van der Waals surface area contributed by atoms with Gasteiger partial charge in [-0.1, -0.05) is 6.42 Å². The van der Waals surface area contributed by atoms with Gasteiger partial charge in [0.2, 0.25) is 10.0 Å². The van der Waals surface area contributed by atoms with E-state index in [1.807, 2.05) is 10.3 Å². The number of piperidine rings is 1. The van der Waals surface area contributed by atoms with E-state index in [-0.39, 0.29) is 10.8 Å². The Morgan fingerprint density at radius 1 is 1.15 bits per heavy atom. The van der Waals surface area contributed by atoms with Crippen LogP contribution >= 0.6 is 11.3 Å². The second-order valence-corrected chi connectivity index (χ2v) is 11.5. The standard InChI is InChI=1S/C22H31N5O4S2/c1-25(2)33(29,30)18-6-7-20(27-10-12-31-13-11-27)19(14-18)21(28)24-22-23-17(16-32-22)15-26-8-4-3-5-9-26/h6-7,14,16H,3-5,8-13,15H2,1-2H3,(H,23,24,28). The molecule has 33 heavy (non-hydrogen) atoms. The maximum Gasteiger partial charge on any atom is 0.259 e. The van der Waals surface area contributed by atoms with Crippen LogP contribution in [0, 0.1) is 0 Å². The molecule has 3 heterocycles. The van der Waals surface area contributed by atoms with Crippen molar-refractivity contribution < 1.29 is 17.9 Å². The normalized spacial score (nSPS) is 18.0.